The van der Waals surface area contributed by atoms with E-state index in [1.54, 1.807) is 13.0 Å². The van der Waals surface area contributed by atoms with E-state index in [1.807, 2.05) is 13.0 Å². The van der Waals surface area contributed by atoms with Crippen LogP contribution in [0.15, 0.2) is 24.3 Å². The molecule has 0 radical (unpaired) electrons. The summed E-state index contributed by atoms with van der Waals surface area (Å²) in [5.41, 5.74) is 6.11. The van der Waals surface area contributed by atoms with Gasteiger partial charge in [-0.25, -0.2) is 4.39 Å². The lowest BCUT2D eigenvalue weighted by Gasteiger charge is -2.23. The molecule has 0 aliphatic heterocycles. The molecule has 0 heterocycles. The molecule has 20 heavy (non-hydrogen) atoms. The Hall–Kier alpha value is -1.13. The van der Waals surface area contributed by atoms with Gasteiger partial charge in [-0.3, -0.25) is 4.79 Å². The van der Waals surface area contributed by atoms with Crippen molar-refractivity contribution in [3.8, 4) is 0 Å². The van der Waals surface area contributed by atoms with Gasteiger partial charge in [0.05, 0.1) is 5.54 Å². The van der Waals surface area contributed by atoms with Crippen LogP contribution in [0.5, 0.6) is 0 Å². The van der Waals surface area contributed by atoms with Crippen LogP contribution in [0, 0.1) is 5.82 Å². The Balaban J connectivity index is 0.00000200. The zero-order valence-electron chi connectivity index (χ0n) is 11.9. The van der Waals surface area contributed by atoms with Crippen LogP contribution in [0.3, 0.4) is 0 Å². The van der Waals surface area contributed by atoms with Crippen LogP contribution in [-0.2, 0) is 4.79 Å². The Morgan fingerprint density at radius 2 is 2.25 bits per heavy atom. The van der Waals surface area contributed by atoms with Crippen molar-refractivity contribution < 1.29 is 9.18 Å². The number of halogens is 2. The topological polar surface area (TPSA) is 55.1 Å². The third kappa shape index (κ3) is 3.93. The number of benzene rings is 1. The lowest BCUT2D eigenvalue weighted by atomic mass is 9.96. The predicted molar refractivity (Wildman–Crippen MR) is 80.4 cm³/mol. The van der Waals surface area contributed by atoms with Gasteiger partial charge in [0.2, 0.25) is 5.91 Å². The highest BCUT2D eigenvalue weighted by atomic mass is 35.5. The first-order chi connectivity index (χ1) is 8.94. The number of hydrogen-bond acceptors (Lipinski definition) is 2. The number of nitrogens with one attached hydrogen (secondary N) is 1. The van der Waals surface area contributed by atoms with Crippen LogP contribution in [0.2, 0.25) is 0 Å². The second-order valence-electron chi connectivity index (χ2n) is 5.64. The summed E-state index contributed by atoms with van der Waals surface area (Å²) in [4.78, 5) is 12.0. The van der Waals surface area contributed by atoms with Crippen LogP contribution in [0.4, 0.5) is 4.39 Å². The summed E-state index contributed by atoms with van der Waals surface area (Å²) in [6.45, 7) is 3.76. The van der Waals surface area contributed by atoms with Gasteiger partial charge in [-0.1, -0.05) is 25.5 Å². The van der Waals surface area contributed by atoms with Gasteiger partial charge in [-0.05, 0) is 37.5 Å². The fourth-order valence-corrected chi connectivity index (χ4v) is 2.43. The first-order valence-electron chi connectivity index (χ1n) is 6.79. The Bertz CT molecular complexity index is 479. The van der Waals surface area contributed by atoms with Gasteiger partial charge in [-0.15, -0.1) is 12.4 Å². The van der Waals surface area contributed by atoms with Crippen molar-refractivity contribution in [1.29, 1.82) is 0 Å². The molecule has 2 rings (SSSR count). The van der Waals surface area contributed by atoms with E-state index in [4.69, 9.17) is 5.73 Å². The van der Waals surface area contributed by atoms with Gasteiger partial charge in [0.1, 0.15) is 5.82 Å². The second kappa shape index (κ2) is 6.55. The summed E-state index contributed by atoms with van der Waals surface area (Å²) >= 11 is 0. The van der Waals surface area contributed by atoms with Gasteiger partial charge >= 0.3 is 0 Å². The largest absolute Gasteiger partial charge is 0.351 e. The Labute approximate surface area is 125 Å². The van der Waals surface area contributed by atoms with Gasteiger partial charge in [0.25, 0.3) is 0 Å². The number of carbonyl (C=O) groups excluding carboxylic acids is 1. The van der Waals surface area contributed by atoms with Crippen LogP contribution in [0.25, 0.3) is 0 Å². The molecule has 3 N–H and O–H groups in total. The van der Waals surface area contributed by atoms with E-state index in [1.165, 1.54) is 12.1 Å². The number of rotatable bonds is 5. The average Bonchev–Trinajstić information content (AvgIpc) is 3.08. The van der Waals surface area contributed by atoms with Crippen molar-refractivity contribution in [3.05, 3.63) is 35.6 Å². The van der Waals surface area contributed by atoms with Crippen molar-refractivity contribution in [1.82, 2.24) is 5.32 Å². The lowest BCUT2D eigenvalue weighted by molar-refractivity contribution is -0.126. The molecule has 1 aromatic carbocycles. The van der Waals surface area contributed by atoms with Gasteiger partial charge in [-0.2, -0.15) is 0 Å². The number of carbonyl (C=O) groups is 1. The van der Waals surface area contributed by atoms with E-state index in [-0.39, 0.29) is 36.1 Å². The molecule has 1 aliphatic carbocycles. The highest BCUT2D eigenvalue weighted by Gasteiger charge is 2.42. The summed E-state index contributed by atoms with van der Waals surface area (Å²) < 4.78 is 13.1. The maximum atomic E-state index is 13.1. The monoisotopic (exact) mass is 300 g/mol. The summed E-state index contributed by atoms with van der Waals surface area (Å²) in [7, 11) is 0. The summed E-state index contributed by atoms with van der Waals surface area (Å²) in [6.07, 6.45) is 2.39. The molecule has 0 spiro atoms. The highest BCUT2D eigenvalue weighted by molar-refractivity contribution is 5.86. The highest BCUT2D eigenvalue weighted by Crippen LogP contribution is 2.41. The molecule has 0 bridgehead atoms. The van der Waals surface area contributed by atoms with Crippen molar-refractivity contribution in [2.45, 2.75) is 50.6 Å². The molecular weight excluding hydrogens is 279 g/mol. The van der Waals surface area contributed by atoms with Crippen molar-refractivity contribution >= 4 is 18.3 Å². The zero-order chi connectivity index (χ0) is 14.0. The standard InChI is InChI=1S/C15H21FN2O.ClH/c1-3-7-15(2,17)14(19)18-13-9-12(13)10-5-4-6-11(16)8-10;/h4-6,8,12-13H,3,7,9,17H2,1-2H3,(H,18,19);1H. The molecule has 3 unspecified atom stereocenters. The fraction of sp³-hybridized carbons (Fsp3) is 0.533. The molecule has 0 aromatic heterocycles. The normalized spacial score (nSPS) is 23.4. The van der Waals surface area contributed by atoms with E-state index >= 15 is 0 Å². The second-order valence-corrected chi connectivity index (χ2v) is 5.64. The third-order valence-corrected chi connectivity index (χ3v) is 3.67. The van der Waals surface area contributed by atoms with Crippen LogP contribution in [0.1, 0.15) is 44.6 Å². The average molecular weight is 301 g/mol. The van der Waals surface area contributed by atoms with E-state index in [0.29, 0.717) is 6.42 Å². The number of nitrogens with two attached hydrogens (primary N) is 1. The number of amides is 1. The van der Waals surface area contributed by atoms with Crippen LogP contribution >= 0.6 is 12.4 Å². The van der Waals surface area contributed by atoms with Gasteiger partial charge < -0.3 is 11.1 Å². The van der Waals surface area contributed by atoms with Crippen molar-refractivity contribution in [3.63, 3.8) is 0 Å². The van der Waals surface area contributed by atoms with Gasteiger partial charge in [0, 0.05) is 12.0 Å². The molecule has 1 fully saturated rings. The first-order valence-corrected chi connectivity index (χ1v) is 6.79. The molecule has 1 aromatic rings. The van der Waals surface area contributed by atoms with Gasteiger partial charge in [0.15, 0.2) is 0 Å². The lowest BCUT2D eigenvalue weighted by Crippen LogP contribution is -2.52. The molecule has 5 heteroatoms. The van der Waals surface area contributed by atoms with E-state index < -0.39 is 5.54 Å². The Morgan fingerprint density at radius 3 is 2.85 bits per heavy atom. The molecule has 3 nitrogen and oxygen atoms in total. The van der Waals surface area contributed by atoms with Crippen molar-refractivity contribution in [2.75, 3.05) is 0 Å². The molecule has 3 atom stereocenters. The van der Waals surface area contributed by atoms with Crippen LogP contribution in [-0.4, -0.2) is 17.5 Å². The maximum absolute atomic E-state index is 13.1. The first kappa shape index (κ1) is 16.9. The van der Waals surface area contributed by atoms with E-state index in [0.717, 1.165) is 18.4 Å². The SMILES string of the molecule is CCCC(C)(N)C(=O)NC1CC1c1cccc(F)c1.Cl. The molecule has 112 valence electrons. The minimum atomic E-state index is -0.816. The van der Waals surface area contributed by atoms with E-state index in [9.17, 15) is 9.18 Å². The molecular formula is C15H22ClFN2O. The maximum Gasteiger partial charge on any atom is 0.240 e. The minimum absolute atomic E-state index is 0. The summed E-state index contributed by atoms with van der Waals surface area (Å²) in [5.74, 6) is -0.126. The third-order valence-electron chi connectivity index (χ3n) is 3.67. The number of hydrogen-bond donors (Lipinski definition) is 2. The molecule has 0 saturated heterocycles. The van der Waals surface area contributed by atoms with Crippen molar-refractivity contribution in [2.24, 2.45) is 5.73 Å². The smallest absolute Gasteiger partial charge is 0.240 e. The zero-order valence-corrected chi connectivity index (χ0v) is 12.7. The summed E-state index contributed by atoms with van der Waals surface area (Å²) in [5, 5.41) is 2.96. The van der Waals surface area contributed by atoms with E-state index in [2.05, 4.69) is 5.32 Å². The minimum Gasteiger partial charge on any atom is -0.351 e. The molecule has 1 saturated carbocycles. The Morgan fingerprint density at radius 1 is 1.55 bits per heavy atom. The molecule has 1 amide bonds. The predicted octanol–water partition coefficient (Wildman–Crippen LogP) is 2.74. The fourth-order valence-electron chi connectivity index (χ4n) is 2.43. The molecule has 1 aliphatic rings. The summed E-state index contributed by atoms with van der Waals surface area (Å²) in [6, 6.07) is 6.65. The quantitative estimate of drug-likeness (QED) is 0.878. The Kier molecular flexibility index (Phi) is 5.54. The van der Waals surface area contributed by atoms with Crippen LogP contribution < -0.4 is 11.1 Å².